The highest BCUT2D eigenvalue weighted by atomic mass is 32.2. The number of carbonyl (C=O) groups is 1. The summed E-state index contributed by atoms with van der Waals surface area (Å²) < 4.78 is 7.46. The Bertz CT molecular complexity index is 1360. The van der Waals surface area contributed by atoms with Gasteiger partial charge in [0.05, 0.1) is 16.8 Å². The number of hydrogen-bond acceptors (Lipinski definition) is 6. The minimum atomic E-state index is -0.192. The molecule has 8 heteroatoms. The summed E-state index contributed by atoms with van der Waals surface area (Å²) >= 11 is 2.87. The Morgan fingerprint density at radius 3 is 2.78 bits per heavy atom. The van der Waals surface area contributed by atoms with Crippen LogP contribution in [0.5, 0.6) is 11.5 Å². The number of thiophene rings is 1. The van der Waals surface area contributed by atoms with E-state index in [0.29, 0.717) is 22.3 Å². The highest BCUT2D eigenvalue weighted by molar-refractivity contribution is 7.99. The van der Waals surface area contributed by atoms with Gasteiger partial charge in [0.2, 0.25) is 5.91 Å². The fraction of sp³-hybridized carbons (Fsp3) is 0.208. The van der Waals surface area contributed by atoms with E-state index in [1.807, 2.05) is 48.5 Å². The number of para-hydroxylation sites is 3. The lowest BCUT2D eigenvalue weighted by atomic mass is 10.2. The first-order valence-corrected chi connectivity index (χ1v) is 12.2. The second-order valence-electron chi connectivity index (χ2n) is 7.54. The number of benzene rings is 2. The molecule has 0 fully saturated rings. The van der Waals surface area contributed by atoms with Crippen LogP contribution in [0.3, 0.4) is 0 Å². The average Bonchev–Trinajstić information content (AvgIpc) is 3.38. The average molecular weight is 464 g/mol. The van der Waals surface area contributed by atoms with Crippen LogP contribution < -0.4 is 15.6 Å². The van der Waals surface area contributed by atoms with Gasteiger partial charge in [-0.1, -0.05) is 42.1 Å². The Balaban J connectivity index is 1.31. The van der Waals surface area contributed by atoms with Gasteiger partial charge in [-0.2, -0.15) is 0 Å². The zero-order valence-electron chi connectivity index (χ0n) is 17.5. The molecule has 0 saturated heterocycles. The van der Waals surface area contributed by atoms with Crippen LogP contribution >= 0.6 is 23.1 Å². The smallest absolute Gasteiger partial charge is 0.262 e. The minimum absolute atomic E-state index is 0.0288. The number of hydrogen-bond donors (Lipinski definition) is 1. The molecule has 162 valence electrons. The Morgan fingerprint density at radius 1 is 1.16 bits per heavy atom. The number of nitrogens with zero attached hydrogens (tertiary/aromatic N) is 2. The molecule has 0 radical (unpaired) electrons. The van der Waals surface area contributed by atoms with Crippen LogP contribution in [-0.4, -0.2) is 21.2 Å². The van der Waals surface area contributed by atoms with E-state index in [1.54, 1.807) is 29.0 Å². The van der Waals surface area contributed by atoms with Crippen molar-refractivity contribution in [3.05, 3.63) is 75.4 Å². The molecule has 1 amide bonds. The number of anilines is 1. The molecule has 6 nitrogen and oxygen atoms in total. The van der Waals surface area contributed by atoms with Crippen molar-refractivity contribution in [1.29, 1.82) is 0 Å². The quantitative estimate of drug-likeness (QED) is 0.322. The summed E-state index contributed by atoms with van der Waals surface area (Å²) in [6, 6.07) is 16.7. The summed E-state index contributed by atoms with van der Waals surface area (Å²) in [7, 11) is 1.72. The van der Waals surface area contributed by atoms with E-state index < -0.39 is 0 Å². The van der Waals surface area contributed by atoms with Gasteiger partial charge in [-0.25, -0.2) is 4.98 Å². The first kappa shape index (κ1) is 20.8. The fourth-order valence-corrected chi connectivity index (χ4v) is 5.90. The second-order valence-corrected chi connectivity index (χ2v) is 9.57. The summed E-state index contributed by atoms with van der Waals surface area (Å²) in [5, 5.41) is 4.21. The first-order chi connectivity index (χ1) is 15.6. The first-order valence-electron chi connectivity index (χ1n) is 10.4. The third kappa shape index (κ3) is 4.03. The summed E-state index contributed by atoms with van der Waals surface area (Å²) in [6.45, 7) is 0. The van der Waals surface area contributed by atoms with Crippen LogP contribution in [0, 0.1) is 0 Å². The molecule has 1 N–H and O–H groups in total. The monoisotopic (exact) mass is 463 g/mol. The van der Waals surface area contributed by atoms with Crippen molar-refractivity contribution in [2.75, 3.05) is 11.1 Å². The third-order valence-corrected chi connectivity index (χ3v) is 7.59. The largest absolute Gasteiger partial charge is 0.455 e. The van der Waals surface area contributed by atoms with E-state index >= 15 is 0 Å². The van der Waals surface area contributed by atoms with Crippen molar-refractivity contribution in [2.24, 2.45) is 7.05 Å². The number of ether oxygens (including phenoxy) is 1. The van der Waals surface area contributed by atoms with Crippen LogP contribution in [0.4, 0.5) is 5.69 Å². The van der Waals surface area contributed by atoms with Gasteiger partial charge < -0.3 is 10.1 Å². The molecule has 2 aromatic carbocycles. The second kappa shape index (κ2) is 8.80. The Labute approximate surface area is 193 Å². The highest BCUT2D eigenvalue weighted by Crippen LogP contribution is 2.35. The predicted molar refractivity (Wildman–Crippen MR) is 129 cm³/mol. The van der Waals surface area contributed by atoms with Crippen LogP contribution in [-0.2, 0) is 24.7 Å². The molecule has 2 heterocycles. The lowest BCUT2D eigenvalue weighted by Crippen LogP contribution is -2.21. The van der Waals surface area contributed by atoms with E-state index in [4.69, 9.17) is 9.72 Å². The van der Waals surface area contributed by atoms with Gasteiger partial charge in [0.15, 0.2) is 10.9 Å². The van der Waals surface area contributed by atoms with Crippen LogP contribution in [0.2, 0.25) is 0 Å². The Hall–Kier alpha value is -3.10. The SMILES string of the molecule is Cn1c(SCC(=O)Nc2ccccc2Oc2ccccc2)nc2sc3c(c2c1=O)CCC3. The van der Waals surface area contributed by atoms with Gasteiger partial charge in [-0.15, -0.1) is 11.3 Å². The number of amides is 1. The molecular formula is C24H21N3O3S2. The number of fused-ring (bicyclic) bond motifs is 3. The standard InChI is InChI=1S/C24H21N3O3S2/c1-27-23(29)21-16-10-7-13-19(16)32-22(21)26-24(27)31-14-20(28)25-17-11-5-6-12-18(17)30-15-8-3-2-4-9-15/h2-6,8-9,11-12H,7,10,13-14H2,1H3,(H,25,28). The lowest BCUT2D eigenvalue weighted by Gasteiger charge is -2.12. The topological polar surface area (TPSA) is 73.2 Å². The molecule has 0 saturated carbocycles. The van der Waals surface area contributed by atoms with Gasteiger partial charge in [0.1, 0.15) is 10.6 Å². The summed E-state index contributed by atoms with van der Waals surface area (Å²) in [6.07, 6.45) is 3.08. The van der Waals surface area contributed by atoms with Gasteiger partial charge in [0.25, 0.3) is 5.56 Å². The van der Waals surface area contributed by atoms with Crippen molar-refractivity contribution >= 4 is 44.9 Å². The Kier molecular flexibility index (Phi) is 5.71. The number of nitrogens with one attached hydrogen (secondary N) is 1. The molecule has 4 aromatic rings. The summed E-state index contributed by atoms with van der Waals surface area (Å²) in [4.78, 5) is 32.3. The van der Waals surface area contributed by atoms with Crippen molar-refractivity contribution in [2.45, 2.75) is 24.4 Å². The number of rotatable bonds is 6. The molecule has 0 atom stereocenters. The lowest BCUT2D eigenvalue weighted by molar-refractivity contribution is -0.113. The molecule has 0 aliphatic heterocycles. The maximum atomic E-state index is 12.9. The number of carbonyl (C=O) groups excluding carboxylic acids is 1. The maximum Gasteiger partial charge on any atom is 0.262 e. The van der Waals surface area contributed by atoms with E-state index in [-0.39, 0.29) is 17.2 Å². The van der Waals surface area contributed by atoms with Gasteiger partial charge in [-0.05, 0) is 49.1 Å². The highest BCUT2D eigenvalue weighted by Gasteiger charge is 2.22. The van der Waals surface area contributed by atoms with Gasteiger partial charge >= 0.3 is 0 Å². The molecule has 2 aromatic heterocycles. The molecule has 5 rings (SSSR count). The van der Waals surface area contributed by atoms with Crippen LogP contribution in [0.15, 0.2) is 64.5 Å². The number of aromatic nitrogens is 2. The molecule has 0 spiro atoms. The van der Waals surface area contributed by atoms with E-state index in [9.17, 15) is 9.59 Å². The van der Waals surface area contributed by atoms with Crippen molar-refractivity contribution in [1.82, 2.24) is 9.55 Å². The van der Waals surface area contributed by atoms with Crippen LogP contribution in [0.1, 0.15) is 16.9 Å². The maximum absolute atomic E-state index is 12.9. The Morgan fingerprint density at radius 2 is 1.94 bits per heavy atom. The minimum Gasteiger partial charge on any atom is -0.455 e. The molecular weight excluding hydrogens is 442 g/mol. The van der Waals surface area contributed by atoms with Crippen molar-refractivity contribution < 1.29 is 9.53 Å². The molecule has 0 bridgehead atoms. The van der Waals surface area contributed by atoms with E-state index in [1.165, 1.54) is 22.2 Å². The third-order valence-electron chi connectivity index (χ3n) is 5.37. The molecule has 32 heavy (non-hydrogen) atoms. The summed E-state index contributed by atoms with van der Waals surface area (Å²) in [5.41, 5.74) is 1.73. The van der Waals surface area contributed by atoms with Crippen molar-refractivity contribution in [3.8, 4) is 11.5 Å². The van der Waals surface area contributed by atoms with E-state index in [0.717, 1.165) is 29.5 Å². The molecule has 1 aliphatic carbocycles. The van der Waals surface area contributed by atoms with Crippen molar-refractivity contribution in [3.63, 3.8) is 0 Å². The predicted octanol–water partition coefficient (Wildman–Crippen LogP) is 5.01. The zero-order valence-corrected chi connectivity index (χ0v) is 19.1. The summed E-state index contributed by atoms with van der Waals surface area (Å²) in [5.74, 6) is 1.20. The fourth-order valence-electron chi connectivity index (χ4n) is 3.83. The number of aryl methyl sites for hydroxylation is 2. The van der Waals surface area contributed by atoms with Gasteiger partial charge in [-0.3, -0.25) is 14.2 Å². The normalized spacial score (nSPS) is 12.7. The molecule has 0 unspecified atom stereocenters. The number of thioether (sulfide) groups is 1. The van der Waals surface area contributed by atoms with Crippen LogP contribution in [0.25, 0.3) is 10.2 Å². The van der Waals surface area contributed by atoms with Gasteiger partial charge in [0, 0.05) is 11.9 Å². The van der Waals surface area contributed by atoms with E-state index in [2.05, 4.69) is 5.32 Å². The zero-order chi connectivity index (χ0) is 22.1. The molecule has 1 aliphatic rings.